The Labute approximate surface area is 111 Å². The molecule has 0 aliphatic carbocycles. The van der Waals surface area contributed by atoms with Crippen molar-refractivity contribution in [1.29, 1.82) is 0 Å². The SMILES string of the molecule is CCNc1nc(-c2nccn2C)nc2c1COCC2. The Balaban J connectivity index is 2.11. The fourth-order valence-corrected chi connectivity index (χ4v) is 2.23. The van der Waals surface area contributed by atoms with Gasteiger partial charge in [0.25, 0.3) is 0 Å². The van der Waals surface area contributed by atoms with E-state index in [1.165, 1.54) is 0 Å². The lowest BCUT2D eigenvalue weighted by molar-refractivity contribution is 0.109. The van der Waals surface area contributed by atoms with Crippen LogP contribution in [0.15, 0.2) is 12.4 Å². The van der Waals surface area contributed by atoms with Crippen molar-refractivity contribution in [2.24, 2.45) is 7.05 Å². The monoisotopic (exact) mass is 259 g/mol. The van der Waals surface area contributed by atoms with Crippen molar-refractivity contribution in [3.8, 4) is 11.6 Å². The number of fused-ring (bicyclic) bond motifs is 1. The van der Waals surface area contributed by atoms with Crippen LogP contribution in [0.1, 0.15) is 18.2 Å². The minimum Gasteiger partial charge on any atom is -0.376 e. The highest BCUT2D eigenvalue weighted by Gasteiger charge is 2.19. The van der Waals surface area contributed by atoms with Gasteiger partial charge in [0, 0.05) is 38.0 Å². The number of anilines is 1. The van der Waals surface area contributed by atoms with Crippen LogP contribution in [0.4, 0.5) is 5.82 Å². The molecule has 0 saturated carbocycles. The van der Waals surface area contributed by atoms with Gasteiger partial charge in [0.1, 0.15) is 5.82 Å². The lowest BCUT2D eigenvalue weighted by atomic mass is 10.1. The number of imidazole rings is 1. The maximum absolute atomic E-state index is 5.50. The zero-order chi connectivity index (χ0) is 13.2. The van der Waals surface area contributed by atoms with E-state index in [0.717, 1.165) is 42.5 Å². The minimum atomic E-state index is 0.582. The van der Waals surface area contributed by atoms with Crippen LogP contribution in [-0.4, -0.2) is 32.7 Å². The molecule has 1 aliphatic rings. The van der Waals surface area contributed by atoms with E-state index in [0.29, 0.717) is 12.4 Å². The molecule has 0 amide bonds. The number of hydrogen-bond donors (Lipinski definition) is 1. The summed E-state index contributed by atoms with van der Waals surface area (Å²) in [6.07, 6.45) is 4.48. The molecule has 3 heterocycles. The van der Waals surface area contributed by atoms with Crippen LogP contribution in [0.25, 0.3) is 11.6 Å². The van der Waals surface area contributed by atoms with E-state index in [1.807, 2.05) is 17.8 Å². The van der Waals surface area contributed by atoms with Gasteiger partial charge in [0.15, 0.2) is 11.6 Å². The standard InChI is InChI=1S/C13H17N5O/c1-3-14-11-9-8-19-7-4-10(9)16-12(17-11)13-15-5-6-18(13)2/h5-6H,3-4,7-8H2,1-2H3,(H,14,16,17). The Morgan fingerprint density at radius 2 is 2.32 bits per heavy atom. The molecule has 0 saturated heterocycles. The minimum absolute atomic E-state index is 0.582. The van der Waals surface area contributed by atoms with Crippen molar-refractivity contribution in [2.45, 2.75) is 20.0 Å². The molecule has 0 atom stereocenters. The van der Waals surface area contributed by atoms with Crippen molar-refractivity contribution in [2.75, 3.05) is 18.5 Å². The van der Waals surface area contributed by atoms with E-state index in [-0.39, 0.29) is 0 Å². The summed E-state index contributed by atoms with van der Waals surface area (Å²) >= 11 is 0. The van der Waals surface area contributed by atoms with Crippen LogP contribution in [0.5, 0.6) is 0 Å². The van der Waals surface area contributed by atoms with Gasteiger partial charge in [-0.1, -0.05) is 0 Å². The number of rotatable bonds is 3. The molecule has 19 heavy (non-hydrogen) atoms. The van der Waals surface area contributed by atoms with Crippen molar-refractivity contribution in [3.63, 3.8) is 0 Å². The highest BCUT2D eigenvalue weighted by atomic mass is 16.5. The summed E-state index contributed by atoms with van der Waals surface area (Å²) < 4.78 is 7.42. The molecular weight excluding hydrogens is 242 g/mol. The predicted molar refractivity (Wildman–Crippen MR) is 71.8 cm³/mol. The first-order chi connectivity index (χ1) is 9.29. The molecule has 1 aliphatic heterocycles. The average Bonchev–Trinajstić information content (AvgIpc) is 2.85. The smallest absolute Gasteiger partial charge is 0.198 e. The number of hydrogen-bond acceptors (Lipinski definition) is 5. The highest BCUT2D eigenvalue weighted by Crippen LogP contribution is 2.25. The normalized spacial score (nSPS) is 14.2. The molecule has 0 fully saturated rings. The van der Waals surface area contributed by atoms with Crippen LogP contribution < -0.4 is 5.32 Å². The second kappa shape index (κ2) is 4.97. The fourth-order valence-electron chi connectivity index (χ4n) is 2.23. The molecular formula is C13H17N5O. The van der Waals surface area contributed by atoms with Gasteiger partial charge >= 0.3 is 0 Å². The van der Waals surface area contributed by atoms with Gasteiger partial charge in [-0.3, -0.25) is 0 Å². The number of ether oxygens (including phenoxy) is 1. The molecule has 1 N–H and O–H groups in total. The topological polar surface area (TPSA) is 64.9 Å². The van der Waals surface area contributed by atoms with Crippen LogP contribution in [0.3, 0.4) is 0 Å². The first kappa shape index (κ1) is 12.1. The quantitative estimate of drug-likeness (QED) is 0.902. The second-order valence-corrected chi connectivity index (χ2v) is 4.52. The van der Waals surface area contributed by atoms with E-state index in [4.69, 9.17) is 4.74 Å². The van der Waals surface area contributed by atoms with Crippen LogP contribution in [-0.2, 0) is 24.8 Å². The molecule has 0 aromatic carbocycles. The second-order valence-electron chi connectivity index (χ2n) is 4.52. The van der Waals surface area contributed by atoms with Gasteiger partial charge in [0.2, 0.25) is 0 Å². The Bertz CT molecular complexity index is 593. The van der Waals surface area contributed by atoms with Gasteiger partial charge in [-0.25, -0.2) is 15.0 Å². The molecule has 2 aromatic rings. The number of aromatic nitrogens is 4. The van der Waals surface area contributed by atoms with Crippen molar-refractivity contribution in [1.82, 2.24) is 19.5 Å². The summed E-state index contributed by atoms with van der Waals surface area (Å²) in [5.74, 6) is 2.32. The molecule has 0 unspecified atom stereocenters. The Morgan fingerprint density at radius 3 is 3.05 bits per heavy atom. The lowest BCUT2D eigenvalue weighted by Gasteiger charge is -2.19. The van der Waals surface area contributed by atoms with Crippen LogP contribution in [0, 0.1) is 0 Å². The third kappa shape index (κ3) is 2.19. The summed E-state index contributed by atoms with van der Waals surface area (Å²) in [7, 11) is 1.95. The van der Waals surface area contributed by atoms with Crippen LogP contribution in [0.2, 0.25) is 0 Å². The van der Waals surface area contributed by atoms with Gasteiger partial charge in [-0.05, 0) is 6.92 Å². The zero-order valence-corrected chi connectivity index (χ0v) is 11.2. The van der Waals surface area contributed by atoms with Crippen molar-refractivity contribution < 1.29 is 4.74 Å². The number of aryl methyl sites for hydroxylation is 1. The molecule has 0 bridgehead atoms. The predicted octanol–water partition coefficient (Wildman–Crippen LogP) is 1.38. The average molecular weight is 259 g/mol. The van der Waals surface area contributed by atoms with Crippen molar-refractivity contribution in [3.05, 3.63) is 23.7 Å². The first-order valence-corrected chi connectivity index (χ1v) is 6.48. The third-order valence-corrected chi connectivity index (χ3v) is 3.19. The van der Waals surface area contributed by atoms with E-state index in [9.17, 15) is 0 Å². The summed E-state index contributed by atoms with van der Waals surface area (Å²) in [5.41, 5.74) is 2.14. The molecule has 6 heteroatoms. The maximum atomic E-state index is 5.50. The van der Waals surface area contributed by atoms with E-state index in [1.54, 1.807) is 6.20 Å². The van der Waals surface area contributed by atoms with Gasteiger partial charge in [0.05, 0.1) is 18.9 Å². The van der Waals surface area contributed by atoms with Gasteiger partial charge in [-0.15, -0.1) is 0 Å². The lowest BCUT2D eigenvalue weighted by Crippen LogP contribution is -2.17. The molecule has 3 rings (SSSR count). The zero-order valence-electron chi connectivity index (χ0n) is 11.2. The molecule has 2 aromatic heterocycles. The van der Waals surface area contributed by atoms with Crippen molar-refractivity contribution >= 4 is 5.82 Å². The summed E-state index contributed by atoms with van der Waals surface area (Å²) in [6.45, 7) is 4.18. The number of nitrogens with one attached hydrogen (secondary N) is 1. The van der Waals surface area contributed by atoms with E-state index >= 15 is 0 Å². The highest BCUT2D eigenvalue weighted by molar-refractivity contribution is 5.55. The molecule has 6 nitrogen and oxygen atoms in total. The van der Waals surface area contributed by atoms with Gasteiger partial charge < -0.3 is 14.6 Å². The summed E-state index contributed by atoms with van der Waals surface area (Å²) in [4.78, 5) is 13.6. The molecule has 0 spiro atoms. The first-order valence-electron chi connectivity index (χ1n) is 6.48. The van der Waals surface area contributed by atoms with E-state index in [2.05, 4.69) is 27.2 Å². The third-order valence-electron chi connectivity index (χ3n) is 3.19. The molecule has 0 radical (unpaired) electrons. The van der Waals surface area contributed by atoms with Crippen LogP contribution >= 0.6 is 0 Å². The van der Waals surface area contributed by atoms with Gasteiger partial charge in [-0.2, -0.15) is 0 Å². The molecule has 100 valence electrons. The Hall–Kier alpha value is -1.95. The summed E-state index contributed by atoms with van der Waals surface area (Å²) in [5, 5.41) is 3.29. The summed E-state index contributed by atoms with van der Waals surface area (Å²) in [6, 6.07) is 0. The maximum Gasteiger partial charge on any atom is 0.198 e. The number of nitrogens with zero attached hydrogens (tertiary/aromatic N) is 4. The largest absolute Gasteiger partial charge is 0.376 e. The Morgan fingerprint density at radius 1 is 1.42 bits per heavy atom. The fraction of sp³-hybridized carbons (Fsp3) is 0.462. The Kier molecular flexibility index (Phi) is 3.16. The van der Waals surface area contributed by atoms with E-state index < -0.39 is 0 Å².